The molecule has 0 saturated heterocycles. The average Bonchev–Trinajstić information content (AvgIpc) is 3.34. The van der Waals surface area contributed by atoms with Crippen LogP contribution in [0.2, 0.25) is 0 Å². The zero-order valence-electron chi connectivity index (χ0n) is 21.6. The van der Waals surface area contributed by atoms with E-state index >= 15 is 0 Å². The number of fused-ring (bicyclic) bond motifs is 1. The molecule has 0 bridgehead atoms. The van der Waals surface area contributed by atoms with Crippen LogP contribution >= 0.6 is 24.8 Å². The number of hydrogen-bond donors (Lipinski definition) is 2. The second-order valence-corrected chi connectivity index (χ2v) is 9.06. The van der Waals surface area contributed by atoms with Crippen LogP contribution in [0.15, 0.2) is 97.5 Å². The molecular weight excluding hydrogens is 529 g/mol. The summed E-state index contributed by atoms with van der Waals surface area (Å²) in [4.78, 5) is 15.7. The van der Waals surface area contributed by atoms with Gasteiger partial charge in [-0.15, -0.1) is 24.8 Å². The molecule has 0 saturated carbocycles. The molecule has 0 aliphatic rings. The number of halogens is 2. The zero-order chi connectivity index (χ0) is 25.8. The third-order valence-electron chi connectivity index (χ3n) is 6.51. The SMILES string of the molecule is CC(=O)Nc1ccc(CNC(c2ccc(C#N)c(-c3cccc4ccccc34)c2)c2cncn2C)cc1.Cl.Cl. The molecule has 0 aliphatic carbocycles. The van der Waals surface area contributed by atoms with Gasteiger partial charge in [-0.05, 0) is 51.7 Å². The molecule has 1 atom stereocenters. The number of imidazole rings is 1. The summed E-state index contributed by atoms with van der Waals surface area (Å²) in [6.07, 6.45) is 3.66. The van der Waals surface area contributed by atoms with Gasteiger partial charge in [-0.2, -0.15) is 5.26 Å². The van der Waals surface area contributed by atoms with Gasteiger partial charge in [0.05, 0.1) is 35.9 Å². The first-order valence-corrected chi connectivity index (χ1v) is 12.1. The number of aryl methyl sites for hydroxylation is 1. The third kappa shape index (κ3) is 6.47. The number of nitrogens with one attached hydrogen (secondary N) is 2. The highest BCUT2D eigenvalue weighted by Crippen LogP contribution is 2.34. The van der Waals surface area contributed by atoms with Crippen molar-refractivity contribution in [2.75, 3.05) is 5.32 Å². The Kier molecular flexibility index (Phi) is 9.86. The number of amides is 1. The first-order valence-electron chi connectivity index (χ1n) is 12.1. The quantitative estimate of drug-likeness (QED) is 0.230. The Balaban J connectivity index is 0.00000210. The maximum atomic E-state index is 11.3. The monoisotopic (exact) mass is 557 g/mol. The first kappa shape index (κ1) is 29.4. The van der Waals surface area contributed by atoms with Gasteiger partial charge >= 0.3 is 0 Å². The molecule has 0 spiro atoms. The lowest BCUT2D eigenvalue weighted by Crippen LogP contribution is -2.24. The molecule has 1 unspecified atom stereocenters. The average molecular weight is 559 g/mol. The molecule has 1 amide bonds. The molecule has 6 nitrogen and oxygen atoms in total. The van der Waals surface area contributed by atoms with Crippen LogP contribution in [-0.2, 0) is 18.4 Å². The summed E-state index contributed by atoms with van der Waals surface area (Å²) < 4.78 is 2.01. The molecular formula is C31H29Cl2N5O. The molecule has 0 aliphatic heterocycles. The molecule has 8 heteroatoms. The van der Waals surface area contributed by atoms with Crippen molar-refractivity contribution in [3.63, 3.8) is 0 Å². The number of carbonyl (C=O) groups excluding carboxylic acids is 1. The number of aromatic nitrogens is 2. The van der Waals surface area contributed by atoms with E-state index < -0.39 is 0 Å². The van der Waals surface area contributed by atoms with Gasteiger partial charge in [0.25, 0.3) is 0 Å². The summed E-state index contributed by atoms with van der Waals surface area (Å²) in [5.41, 5.74) is 6.50. The molecule has 4 aromatic carbocycles. The molecule has 0 radical (unpaired) electrons. The molecule has 39 heavy (non-hydrogen) atoms. The van der Waals surface area contributed by atoms with Gasteiger partial charge in [0.1, 0.15) is 0 Å². The van der Waals surface area contributed by atoms with E-state index in [1.807, 2.05) is 72.4 Å². The van der Waals surface area contributed by atoms with Crippen molar-refractivity contribution in [1.29, 1.82) is 5.26 Å². The van der Waals surface area contributed by atoms with E-state index in [0.717, 1.165) is 44.4 Å². The molecule has 198 valence electrons. The molecule has 5 aromatic rings. The summed E-state index contributed by atoms with van der Waals surface area (Å²) in [5.74, 6) is -0.0926. The minimum Gasteiger partial charge on any atom is -0.336 e. The van der Waals surface area contributed by atoms with E-state index in [-0.39, 0.29) is 36.8 Å². The summed E-state index contributed by atoms with van der Waals surface area (Å²) >= 11 is 0. The Hall–Kier alpha value is -4.15. The number of hydrogen-bond acceptors (Lipinski definition) is 4. The van der Waals surface area contributed by atoms with Crippen LogP contribution in [0.4, 0.5) is 5.69 Å². The van der Waals surface area contributed by atoms with Crippen LogP contribution in [-0.4, -0.2) is 15.5 Å². The maximum Gasteiger partial charge on any atom is 0.221 e. The summed E-state index contributed by atoms with van der Waals surface area (Å²) in [6.45, 7) is 2.11. The Labute approximate surface area is 240 Å². The van der Waals surface area contributed by atoms with Gasteiger partial charge in [-0.25, -0.2) is 4.98 Å². The number of nitrogens with zero attached hydrogens (tertiary/aromatic N) is 3. The van der Waals surface area contributed by atoms with E-state index in [1.54, 1.807) is 6.33 Å². The number of nitriles is 1. The second-order valence-electron chi connectivity index (χ2n) is 9.06. The van der Waals surface area contributed by atoms with Crippen molar-refractivity contribution >= 4 is 47.2 Å². The van der Waals surface area contributed by atoms with Crippen LogP contribution in [0.25, 0.3) is 21.9 Å². The predicted molar refractivity (Wildman–Crippen MR) is 161 cm³/mol. The second kappa shape index (κ2) is 13.1. The Morgan fingerprint density at radius 1 is 0.974 bits per heavy atom. The predicted octanol–water partition coefficient (Wildman–Crippen LogP) is 6.79. The van der Waals surface area contributed by atoms with Gasteiger partial charge < -0.3 is 15.2 Å². The lowest BCUT2D eigenvalue weighted by molar-refractivity contribution is -0.114. The lowest BCUT2D eigenvalue weighted by atomic mass is 9.91. The van der Waals surface area contributed by atoms with Crippen LogP contribution in [0.3, 0.4) is 0 Å². The third-order valence-corrected chi connectivity index (χ3v) is 6.51. The van der Waals surface area contributed by atoms with Gasteiger partial charge in [0, 0.05) is 31.8 Å². The van der Waals surface area contributed by atoms with Crippen LogP contribution in [0.1, 0.15) is 35.3 Å². The van der Waals surface area contributed by atoms with Crippen molar-refractivity contribution in [2.45, 2.75) is 19.5 Å². The van der Waals surface area contributed by atoms with E-state index in [4.69, 9.17) is 0 Å². The van der Waals surface area contributed by atoms with E-state index in [2.05, 4.69) is 52.0 Å². The Morgan fingerprint density at radius 3 is 2.41 bits per heavy atom. The van der Waals surface area contributed by atoms with Crippen LogP contribution < -0.4 is 10.6 Å². The van der Waals surface area contributed by atoms with Gasteiger partial charge in [0.2, 0.25) is 5.91 Å². The van der Waals surface area contributed by atoms with Crippen molar-refractivity contribution in [2.24, 2.45) is 7.05 Å². The Bertz CT molecular complexity index is 1620. The minimum absolute atomic E-state index is 0. The van der Waals surface area contributed by atoms with Crippen molar-refractivity contribution < 1.29 is 4.79 Å². The first-order chi connectivity index (χ1) is 18.0. The van der Waals surface area contributed by atoms with Crippen LogP contribution in [0.5, 0.6) is 0 Å². The van der Waals surface area contributed by atoms with E-state index in [1.165, 1.54) is 6.92 Å². The molecule has 1 heterocycles. The minimum atomic E-state index is -0.149. The Morgan fingerprint density at radius 2 is 1.72 bits per heavy atom. The van der Waals surface area contributed by atoms with Crippen molar-refractivity contribution in [3.8, 4) is 17.2 Å². The highest BCUT2D eigenvalue weighted by Gasteiger charge is 2.20. The smallest absolute Gasteiger partial charge is 0.221 e. The molecule has 0 fully saturated rings. The number of rotatable bonds is 7. The van der Waals surface area contributed by atoms with Crippen molar-refractivity contribution in [3.05, 3.63) is 120 Å². The van der Waals surface area contributed by atoms with Gasteiger partial charge in [-0.1, -0.05) is 60.7 Å². The zero-order valence-corrected chi connectivity index (χ0v) is 23.2. The number of benzene rings is 4. The fourth-order valence-electron chi connectivity index (χ4n) is 4.69. The molecule has 2 N–H and O–H groups in total. The lowest BCUT2D eigenvalue weighted by Gasteiger charge is -2.21. The fourth-order valence-corrected chi connectivity index (χ4v) is 4.69. The van der Waals surface area contributed by atoms with Gasteiger partial charge in [-0.3, -0.25) is 4.79 Å². The topological polar surface area (TPSA) is 82.7 Å². The number of carbonyl (C=O) groups is 1. The van der Waals surface area contributed by atoms with E-state index in [9.17, 15) is 10.1 Å². The molecule has 1 aromatic heterocycles. The summed E-state index contributed by atoms with van der Waals surface area (Å²) in [7, 11) is 1.98. The summed E-state index contributed by atoms with van der Waals surface area (Å²) in [5, 5.41) is 18.7. The fraction of sp³-hybridized carbons (Fsp3) is 0.129. The highest BCUT2D eigenvalue weighted by atomic mass is 35.5. The van der Waals surface area contributed by atoms with E-state index in [0.29, 0.717) is 12.1 Å². The summed E-state index contributed by atoms with van der Waals surface area (Å²) in [6, 6.07) is 30.5. The van der Waals surface area contributed by atoms with Gasteiger partial charge in [0.15, 0.2) is 0 Å². The largest absolute Gasteiger partial charge is 0.336 e. The van der Waals surface area contributed by atoms with Crippen LogP contribution in [0, 0.1) is 11.3 Å². The standard InChI is InChI=1S/C31H27N5O.2ClH/c1-21(37)35-26-14-10-22(11-15-26)18-34-31(30-19-33-20-36(30)2)24-12-13-25(17-32)29(16-24)28-9-5-7-23-6-3-4-8-27(23)28;;/h3-16,19-20,31,34H,18H2,1-2H3,(H,35,37);2*1H. The number of anilines is 1. The van der Waals surface area contributed by atoms with Crippen molar-refractivity contribution in [1.82, 2.24) is 14.9 Å². The normalized spacial score (nSPS) is 11.1. The highest BCUT2D eigenvalue weighted by molar-refractivity contribution is 5.98. The molecule has 5 rings (SSSR count). The maximum absolute atomic E-state index is 11.3.